The molecule has 1 fully saturated rings. The molecule has 3 heterocycles. The molecule has 1 aromatic carbocycles. The van der Waals surface area contributed by atoms with Crippen LogP contribution in [0.3, 0.4) is 0 Å². The van der Waals surface area contributed by atoms with E-state index >= 15 is 0 Å². The van der Waals surface area contributed by atoms with Crippen molar-refractivity contribution in [2.45, 2.75) is 0 Å². The highest BCUT2D eigenvalue weighted by Gasteiger charge is 2.19. The third-order valence-electron chi connectivity index (χ3n) is 3.83. The fraction of sp³-hybridized carbons (Fsp3) is 0.357. The maximum absolute atomic E-state index is 11.6. The van der Waals surface area contributed by atoms with Gasteiger partial charge in [0.2, 0.25) is 5.82 Å². The minimum atomic E-state index is -0.480. The van der Waals surface area contributed by atoms with Crippen molar-refractivity contribution >= 4 is 33.7 Å². The van der Waals surface area contributed by atoms with Crippen molar-refractivity contribution in [2.24, 2.45) is 0 Å². The molecular weight excluding hydrogens is 286 g/mol. The van der Waals surface area contributed by atoms with Crippen molar-refractivity contribution in [1.29, 1.82) is 0 Å². The lowest BCUT2D eigenvalue weighted by molar-refractivity contribution is 0.0588. The predicted octanol–water partition coefficient (Wildman–Crippen LogP) is 1.06. The van der Waals surface area contributed by atoms with Crippen LogP contribution in [-0.2, 0) is 9.47 Å². The molecule has 4 rings (SSSR count). The van der Waals surface area contributed by atoms with Gasteiger partial charge in [-0.05, 0) is 12.1 Å². The molecule has 3 aromatic rings. The van der Waals surface area contributed by atoms with Crippen molar-refractivity contribution in [2.75, 3.05) is 38.3 Å². The molecule has 0 amide bonds. The van der Waals surface area contributed by atoms with E-state index < -0.39 is 5.97 Å². The number of hydrogen-bond acceptors (Lipinski definition) is 6. The average molecular weight is 301 g/mol. The fourth-order valence-corrected chi connectivity index (χ4v) is 2.72. The summed E-state index contributed by atoms with van der Waals surface area (Å²) in [7, 11) is 1.33. The number of H-pyrrole nitrogens is 2. The van der Waals surface area contributed by atoms with E-state index in [9.17, 15) is 4.79 Å². The summed E-state index contributed by atoms with van der Waals surface area (Å²) in [4.78, 5) is 21.0. The number of anilines is 1. The molecule has 2 N–H and O–H groups in total. The Hall–Kier alpha value is -2.61. The minimum Gasteiger partial charge on any atom is -0.463 e. The van der Waals surface area contributed by atoms with E-state index in [4.69, 9.17) is 4.74 Å². The van der Waals surface area contributed by atoms with Gasteiger partial charge in [-0.3, -0.25) is 5.10 Å². The standard InChI is InChI=1S/C14H15N5O3/c1-21-14(20)12-15-10-6-8-9(7-11(10)16-12)17-18-13(8)19-2-4-22-5-3-19/h6-7H,2-5H2,1H3,(H,15,16)(H,17,18). The molecule has 0 aliphatic carbocycles. The number of morpholine rings is 1. The second-order valence-electron chi connectivity index (χ2n) is 5.14. The topological polar surface area (TPSA) is 96.1 Å². The molecular formula is C14H15N5O3. The molecule has 0 atom stereocenters. The maximum atomic E-state index is 11.6. The van der Waals surface area contributed by atoms with Crippen LogP contribution in [0.4, 0.5) is 5.82 Å². The average Bonchev–Trinajstić information content (AvgIpc) is 3.15. The van der Waals surface area contributed by atoms with Crippen LogP contribution in [0.25, 0.3) is 21.9 Å². The molecule has 0 saturated carbocycles. The van der Waals surface area contributed by atoms with Crippen molar-refractivity contribution in [3.8, 4) is 0 Å². The number of fused-ring (bicyclic) bond motifs is 2. The summed E-state index contributed by atoms with van der Waals surface area (Å²) in [6.07, 6.45) is 0. The lowest BCUT2D eigenvalue weighted by Crippen LogP contribution is -2.36. The van der Waals surface area contributed by atoms with Gasteiger partial charge in [-0.25, -0.2) is 9.78 Å². The number of nitrogens with one attached hydrogen (secondary N) is 2. The summed E-state index contributed by atoms with van der Waals surface area (Å²) in [5, 5.41) is 8.42. The molecule has 0 spiro atoms. The van der Waals surface area contributed by atoms with Crippen LogP contribution in [-0.4, -0.2) is 59.5 Å². The van der Waals surface area contributed by atoms with Crippen LogP contribution >= 0.6 is 0 Å². The molecule has 8 heteroatoms. The van der Waals surface area contributed by atoms with Gasteiger partial charge < -0.3 is 19.4 Å². The van der Waals surface area contributed by atoms with E-state index in [0.29, 0.717) is 18.7 Å². The number of aromatic amines is 2. The van der Waals surface area contributed by atoms with Gasteiger partial charge in [0.05, 0.1) is 36.9 Å². The van der Waals surface area contributed by atoms with Gasteiger partial charge in [-0.1, -0.05) is 0 Å². The largest absolute Gasteiger partial charge is 0.463 e. The molecule has 1 saturated heterocycles. The van der Waals surface area contributed by atoms with Crippen LogP contribution in [0.5, 0.6) is 0 Å². The van der Waals surface area contributed by atoms with Crippen molar-refractivity contribution in [3.63, 3.8) is 0 Å². The SMILES string of the molecule is COC(=O)c1nc2cc3c(N4CCOCC4)n[nH]c3cc2[nH]1. The van der Waals surface area contributed by atoms with E-state index in [2.05, 4.69) is 29.8 Å². The molecule has 22 heavy (non-hydrogen) atoms. The summed E-state index contributed by atoms with van der Waals surface area (Å²) < 4.78 is 10.1. The number of aromatic nitrogens is 4. The van der Waals surface area contributed by atoms with Crippen molar-refractivity contribution < 1.29 is 14.3 Å². The molecule has 0 radical (unpaired) electrons. The van der Waals surface area contributed by atoms with E-state index in [1.165, 1.54) is 7.11 Å². The zero-order chi connectivity index (χ0) is 15.1. The molecule has 114 valence electrons. The molecule has 1 aliphatic rings. The van der Waals surface area contributed by atoms with Crippen LogP contribution < -0.4 is 4.90 Å². The number of carbonyl (C=O) groups is 1. The summed E-state index contributed by atoms with van der Waals surface area (Å²) in [6, 6.07) is 3.84. The van der Waals surface area contributed by atoms with Crippen molar-refractivity contribution in [1.82, 2.24) is 20.2 Å². The Bertz CT molecular complexity index is 847. The summed E-state index contributed by atoms with van der Waals surface area (Å²) >= 11 is 0. The first-order chi connectivity index (χ1) is 10.8. The van der Waals surface area contributed by atoms with E-state index in [1.54, 1.807) is 0 Å². The number of esters is 1. The number of ether oxygens (including phenoxy) is 2. The monoisotopic (exact) mass is 301 g/mol. The van der Waals surface area contributed by atoms with Gasteiger partial charge in [-0.15, -0.1) is 0 Å². The molecule has 0 unspecified atom stereocenters. The lowest BCUT2D eigenvalue weighted by Gasteiger charge is -2.26. The van der Waals surface area contributed by atoms with E-state index in [-0.39, 0.29) is 5.82 Å². The first-order valence-electron chi connectivity index (χ1n) is 7.05. The van der Waals surface area contributed by atoms with Gasteiger partial charge in [-0.2, -0.15) is 5.10 Å². The molecule has 2 aromatic heterocycles. The number of methoxy groups -OCH3 is 1. The number of benzene rings is 1. The van der Waals surface area contributed by atoms with Crippen LogP contribution in [0.1, 0.15) is 10.6 Å². The van der Waals surface area contributed by atoms with Crippen LogP contribution in [0, 0.1) is 0 Å². The Labute approximate surface area is 125 Å². The van der Waals surface area contributed by atoms with Gasteiger partial charge in [0.25, 0.3) is 0 Å². The van der Waals surface area contributed by atoms with Crippen LogP contribution in [0.2, 0.25) is 0 Å². The second-order valence-corrected chi connectivity index (χ2v) is 5.14. The number of rotatable bonds is 2. The Morgan fingerprint density at radius 1 is 1.32 bits per heavy atom. The number of imidazole rings is 1. The maximum Gasteiger partial charge on any atom is 0.374 e. The first kappa shape index (κ1) is 13.1. The number of carbonyl (C=O) groups excluding carboxylic acids is 1. The Morgan fingerprint density at radius 2 is 2.14 bits per heavy atom. The van der Waals surface area contributed by atoms with Gasteiger partial charge in [0, 0.05) is 18.5 Å². The molecule has 0 bridgehead atoms. The van der Waals surface area contributed by atoms with Crippen molar-refractivity contribution in [3.05, 3.63) is 18.0 Å². The lowest BCUT2D eigenvalue weighted by atomic mass is 10.2. The quantitative estimate of drug-likeness (QED) is 0.687. The third kappa shape index (κ3) is 2.00. The Balaban J connectivity index is 1.82. The summed E-state index contributed by atoms with van der Waals surface area (Å²) in [6.45, 7) is 3.02. The van der Waals surface area contributed by atoms with Crippen LogP contribution in [0.15, 0.2) is 12.1 Å². The van der Waals surface area contributed by atoms with Gasteiger partial charge in [0.1, 0.15) is 0 Å². The van der Waals surface area contributed by atoms with Gasteiger partial charge in [0.15, 0.2) is 5.82 Å². The summed E-state index contributed by atoms with van der Waals surface area (Å²) in [5.41, 5.74) is 2.38. The smallest absolute Gasteiger partial charge is 0.374 e. The Morgan fingerprint density at radius 3 is 2.91 bits per heavy atom. The Kier molecular flexibility index (Phi) is 2.97. The molecule has 1 aliphatic heterocycles. The van der Waals surface area contributed by atoms with Gasteiger partial charge >= 0.3 is 5.97 Å². The fourth-order valence-electron chi connectivity index (χ4n) is 2.72. The predicted molar refractivity (Wildman–Crippen MR) is 80.1 cm³/mol. The second kappa shape index (κ2) is 4.99. The number of nitrogens with zero attached hydrogens (tertiary/aromatic N) is 3. The van der Waals surface area contributed by atoms with E-state index in [1.807, 2.05) is 12.1 Å². The third-order valence-corrected chi connectivity index (χ3v) is 3.83. The van der Waals surface area contributed by atoms with E-state index in [0.717, 1.165) is 35.3 Å². The zero-order valence-corrected chi connectivity index (χ0v) is 12.0. The number of hydrogen-bond donors (Lipinski definition) is 2. The zero-order valence-electron chi connectivity index (χ0n) is 12.0. The minimum absolute atomic E-state index is 0.200. The highest BCUT2D eigenvalue weighted by Crippen LogP contribution is 2.28. The first-order valence-corrected chi connectivity index (χ1v) is 7.05. The summed E-state index contributed by atoms with van der Waals surface area (Å²) in [5.74, 6) is 0.611. The highest BCUT2D eigenvalue weighted by atomic mass is 16.5. The molecule has 8 nitrogen and oxygen atoms in total. The highest BCUT2D eigenvalue weighted by molar-refractivity contribution is 6.00. The normalized spacial score (nSPS) is 15.6.